The zero-order chi connectivity index (χ0) is 17.8. The lowest BCUT2D eigenvalue weighted by molar-refractivity contribution is -0.156. The van der Waals surface area contributed by atoms with Crippen molar-refractivity contribution in [1.29, 1.82) is 0 Å². The minimum atomic E-state index is -4.66. The largest absolute Gasteiger partial charge is 0.494 e. The third-order valence-corrected chi connectivity index (χ3v) is 4.35. The van der Waals surface area contributed by atoms with Crippen molar-refractivity contribution in [3.05, 3.63) is 30.2 Å². The van der Waals surface area contributed by atoms with Crippen molar-refractivity contribution < 1.29 is 26.9 Å². The summed E-state index contributed by atoms with van der Waals surface area (Å²) in [5.41, 5.74) is 0.209. The molecular formula is C15H16BF3N2O3. The van der Waals surface area contributed by atoms with Crippen molar-refractivity contribution in [3.8, 4) is 11.5 Å². The van der Waals surface area contributed by atoms with Gasteiger partial charge in [0.2, 0.25) is 5.89 Å². The second kappa shape index (κ2) is 5.32. The van der Waals surface area contributed by atoms with E-state index in [2.05, 4.69) is 14.6 Å². The molecule has 0 spiro atoms. The van der Waals surface area contributed by atoms with E-state index >= 15 is 0 Å². The van der Waals surface area contributed by atoms with Crippen LogP contribution >= 0.6 is 0 Å². The molecule has 0 unspecified atom stereocenters. The Hall–Kier alpha value is -1.87. The summed E-state index contributed by atoms with van der Waals surface area (Å²) < 4.78 is 54.0. The van der Waals surface area contributed by atoms with E-state index in [4.69, 9.17) is 9.31 Å². The predicted octanol–water partition coefficient (Wildman–Crippen LogP) is 3.05. The summed E-state index contributed by atoms with van der Waals surface area (Å²) in [6.07, 6.45) is -4.66. The van der Waals surface area contributed by atoms with Gasteiger partial charge in [0.25, 0.3) is 0 Å². The molecule has 128 valence electrons. The molecule has 0 bridgehead atoms. The Balaban J connectivity index is 1.81. The zero-order valence-corrected chi connectivity index (χ0v) is 13.6. The van der Waals surface area contributed by atoms with Gasteiger partial charge in [-0.2, -0.15) is 13.2 Å². The maximum Gasteiger partial charge on any atom is 0.494 e. The molecule has 24 heavy (non-hydrogen) atoms. The summed E-state index contributed by atoms with van der Waals surface area (Å²) in [4.78, 5) is 0. The topological polar surface area (TPSA) is 57.4 Å². The number of rotatable bonds is 2. The van der Waals surface area contributed by atoms with Gasteiger partial charge in [0, 0.05) is 5.56 Å². The molecule has 1 aromatic heterocycles. The summed E-state index contributed by atoms with van der Waals surface area (Å²) >= 11 is 0. The molecule has 5 nitrogen and oxygen atoms in total. The zero-order valence-electron chi connectivity index (χ0n) is 13.6. The van der Waals surface area contributed by atoms with Crippen molar-refractivity contribution in [1.82, 2.24) is 10.2 Å². The second-order valence-electron chi connectivity index (χ2n) is 6.62. The summed E-state index contributed by atoms with van der Waals surface area (Å²) in [5, 5.41) is 6.44. The molecule has 3 rings (SSSR count). The Morgan fingerprint density at radius 1 is 0.917 bits per heavy atom. The summed E-state index contributed by atoms with van der Waals surface area (Å²) in [7, 11) is -0.544. The van der Waals surface area contributed by atoms with Crippen LogP contribution in [-0.4, -0.2) is 28.5 Å². The molecule has 0 amide bonds. The SMILES string of the molecule is CC1(C)OB(c2ccc(-c3nnc(C(F)(F)F)o3)cc2)OC1(C)C. The fourth-order valence-electron chi connectivity index (χ4n) is 2.22. The van der Waals surface area contributed by atoms with Crippen LogP contribution in [0.15, 0.2) is 28.7 Å². The lowest BCUT2D eigenvalue weighted by atomic mass is 9.79. The Kier molecular flexibility index (Phi) is 3.76. The van der Waals surface area contributed by atoms with E-state index in [1.54, 1.807) is 24.3 Å². The Labute approximate surface area is 137 Å². The van der Waals surface area contributed by atoms with Crippen molar-refractivity contribution in [2.24, 2.45) is 0 Å². The third-order valence-electron chi connectivity index (χ3n) is 4.35. The highest BCUT2D eigenvalue weighted by atomic mass is 19.4. The number of benzene rings is 1. The van der Waals surface area contributed by atoms with Crippen molar-refractivity contribution >= 4 is 12.6 Å². The molecule has 1 aliphatic heterocycles. The highest BCUT2D eigenvalue weighted by molar-refractivity contribution is 6.62. The van der Waals surface area contributed by atoms with Crippen LogP contribution in [0.1, 0.15) is 33.6 Å². The molecular weight excluding hydrogens is 324 g/mol. The van der Waals surface area contributed by atoms with Gasteiger partial charge in [0.1, 0.15) is 0 Å². The average molecular weight is 340 g/mol. The van der Waals surface area contributed by atoms with E-state index in [1.807, 2.05) is 27.7 Å². The van der Waals surface area contributed by atoms with Gasteiger partial charge in [-0.15, -0.1) is 10.2 Å². The molecule has 9 heteroatoms. The number of hydrogen-bond donors (Lipinski definition) is 0. The maximum atomic E-state index is 12.5. The molecule has 0 atom stereocenters. The van der Waals surface area contributed by atoms with Crippen LogP contribution in [0, 0.1) is 0 Å². The average Bonchev–Trinajstić information content (AvgIpc) is 3.02. The summed E-state index contributed by atoms with van der Waals surface area (Å²) in [6, 6.07) is 6.59. The minimum absolute atomic E-state index is 0.192. The van der Waals surface area contributed by atoms with Gasteiger partial charge < -0.3 is 13.7 Å². The first-order valence-corrected chi connectivity index (χ1v) is 7.36. The van der Waals surface area contributed by atoms with Crippen LogP contribution in [-0.2, 0) is 15.5 Å². The van der Waals surface area contributed by atoms with Gasteiger partial charge in [0.15, 0.2) is 0 Å². The standard InChI is InChI=1S/C15H16BF3N2O3/c1-13(2)14(3,4)24-16(23-13)10-7-5-9(6-8-10)11-20-21-12(22-11)15(17,18)19/h5-8H,1-4H3. The van der Waals surface area contributed by atoms with Crippen molar-refractivity contribution in [2.75, 3.05) is 0 Å². The Morgan fingerprint density at radius 3 is 1.92 bits per heavy atom. The molecule has 2 heterocycles. The lowest BCUT2D eigenvalue weighted by Gasteiger charge is -2.32. The van der Waals surface area contributed by atoms with Crippen LogP contribution in [0.5, 0.6) is 0 Å². The normalized spacial score (nSPS) is 19.7. The molecule has 2 aromatic rings. The van der Waals surface area contributed by atoms with Crippen LogP contribution in [0.2, 0.25) is 0 Å². The first kappa shape index (κ1) is 17.0. The van der Waals surface area contributed by atoms with Crippen LogP contribution in [0.25, 0.3) is 11.5 Å². The molecule has 0 saturated carbocycles. The number of hydrogen-bond acceptors (Lipinski definition) is 5. The minimum Gasteiger partial charge on any atom is -0.413 e. The summed E-state index contributed by atoms with van der Waals surface area (Å²) in [5.74, 6) is -1.56. The third kappa shape index (κ3) is 2.93. The maximum absolute atomic E-state index is 12.5. The number of nitrogens with zero attached hydrogens (tertiary/aromatic N) is 2. The molecule has 0 N–H and O–H groups in total. The Bertz CT molecular complexity index is 725. The lowest BCUT2D eigenvalue weighted by Crippen LogP contribution is -2.41. The first-order chi connectivity index (χ1) is 11.0. The smallest absolute Gasteiger partial charge is 0.413 e. The second-order valence-corrected chi connectivity index (χ2v) is 6.62. The van der Waals surface area contributed by atoms with E-state index in [1.165, 1.54) is 0 Å². The van der Waals surface area contributed by atoms with E-state index in [0.29, 0.717) is 5.56 Å². The van der Waals surface area contributed by atoms with E-state index in [-0.39, 0.29) is 5.89 Å². The number of aromatic nitrogens is 2. The highest BCUT2D eigenvalue weighted by Gasteiger charge is 2.51. The van der Waals surface area contributed by atoms with E-state index < -0.39 is 30.4 Å². The van der Waals surface area contributed by atoms with Crippen LogP contribution in [0.4, 0.5) is 13.2 Å². The fraction of sp³-hybridized carbons (Fsp3) is 0.467. The van der Waals surface area contributed by atoms with Gasteiger partial charge in [0.05, 0.1) is 11.2 Å². The fourth-order valence-corrected chi connectivity index (χ4v) is 2.22. The monoisotopic (exact) mass is 340 g/mol. The van der Waals surface area contributed by atoms with Gasteiger partial charge in [-0.25, -0.2) is 0 Å². The molecule has 0 aliphatic carbocycles. The predicted molar refractivity (Wildman–Crippen MR) is 80.5 cm³/mol. The van der Waals surface area contributed by atoms with Gasteiger partial charge >= 0.3 is 19.2 Å². The number of halogens is 3. The van der Waals surface area contributed by atoms with Gasteiger partial charge in [-0.1, -0.05) is 12.1 Å². The molecule has 1 fully saturated rings. The van der Waals surface area contributed by atoms with Gasteiger partial charge in [-0.05, 0) is 45.3 Å². The summed E-state index contributed by atoms with van der Waals surface area (Å²) in [6.45, 7) is 7.77. The molecule has 0 radical (unpaired) electrons. The van der Waals surface area contributed by atoms with Crippen molar-refractivity contribution in [3.63, 3.8) is 0 Å². The molecule has 1 aliphatic rings. The first-order valence-electron chi connectivity index (χ1n) is 7.36. The molecule has 1 aromatic carbocycles. The quantitative estimate of drug-likeness (QED) is 0.787. The Morgan fingerprint density at radius 2 is 1.46 bits per heavy atom. The number of alkyl halides is 3. The van der Waals surface area contributed by atoms with Crippen molar-refractivity contribution in [2.45, 2.75) is 45.1 Å². The van der Waals surface area contributed by atoms with Crippen LogP contribution in [0.3, 0.4) is 0 Å². The van der Waals surface area contributed by atoms with Gasteiger partial charge in [-0.3, -0.25) is 0 Å². The van der Waals surface area contributed by atoms with Crippen LogP contribution < -0.4 is 5.46 Å². The van der Waals surface area contributed by atoms with E-state index in [0.717, 1.165) is 5.46 Å². The van der Waals surface area contributed by atoms with E-state index in [9.17, 15) is 13.2 Å². The molecule has 1 saturated heterocycles. The highest BCUT2D eigenvalue weighted by Crippen LogP contribution is 2.36.